The molecule has 1 saturated heterocycles. The number of hydrogen-bond donors (Lipinski definition) is 0. The highest BCUT2D eigenvalue weighted by atomic mass is 16.2. The minimum Gasteiger partial charge on any atom is -0.282 e. The van der Waals surface area contributed by atoms with Gasteiger partial charge in [-0.2, -0.15) is 0 Å². The zero-order valence-electron chi connectivity index (χ0n) is 9.53. The third-order valence-corrected chi connectivity index (χ3v) is 3.48. The number of carbonyl (C=O) groups is 2. The Bertz CT molecular complexity index is 261. The van der Waals surface area contributed by atoms with Gasteiger partial charge in [-0.1, -0.05) is 26.7 Å². The van der Waals surface area contributed by atoms with Crippen LogP contribution in [0.2, 0.25) is 0 Å². The minimum atomic E-state index is 0.0185. The lowest BCUT2D eigenvalue weighted by Crippen LogP contribution is -2.34. The minimum absolute atomic E-state index is 0.0185. The molecule has 15 heavy (non-hydrogen) atoms. The van der Waals surface area contributed by atoms with Crippen molar-refractivity contribution in [2.75, 3.05) is 6.54 Å². The number of rotatable bonds is 2. The van der Waals surface area contributed by atoms with Gasteiger partial charge in [-0.25, -0.2) is 0 Å². The summed E-state index contributed by atoms with van der Waals surface area (Å²) in [6, 6.07) is 0. The van der Waals surface area contributed by atoms with E-state index in [1.807, 2.05) is 13.8 Å². The first kappa shape index (κ1) is 10.7. The summed E-state index contributed by atoms with van der Waals surface area (Å²) in [7, 11) is 0. The van der Waals surface area contributed by atoms with Gasteiger partial charge >= 0.3 is 0 Å². The average molecular weight is 209 g/mol. The van der Waals surface area contributed by atoms with Gasteiger partial charge in [0.1, 0.15) is 0 Å². The summed E-state index contributed by atoms with van der Waals surface area (Å²) in [6.45, 7) is 4.69. The van der Waals surface area contributed by atoms with Crippen molar-refractivity contribution in [1.29, 1.82) is 0 Å². The molecule has 0 radical (unpaired) electrons. The summed E-state index contributed by atoms with van der Waals surface area (Å²) in [5, 5.41) is 0. The largest absolute Gasteiger partial charge is 0.282 e. The van der Waals surface area contributed by atoms with Crippen molar-refractivity contribution in [3.8, 4) is 0 Å². The van der Waals surface area contributed by atoms with Crippen LogP contribution in [0, 0.1) is 17.8 Å². The summed E-state index contributed by atoms with van der Waals surface area (Å²) in [5.74, 6) is 0.602. The quantitative estimate of drug-likeness (QED) is 0.650. The third kappa shape index (κ3) is 1.80. The first-order chi connectivity index (χ1) is 7.11. The van der Waals surface area contributed by atoms with Crippen molar-refractivity contribution in [2.24, 2.45) is 17.8 Å². The van der Waals surface area contributed by atoms with Gasteiger partial charge in [0.25, 0.3) is 0 Å². The number of carbonyl (C=O) groups excluding carboxylic acids is 2. The molecule has 1 saturated carbocycles. The molecule has 1 aliphatic carbocycles. The van der Waals surface area contributed by atoms with Gasteiger partial charge in [0, 0.05) is 6.54 Å². The SMILES string of the molecule is CC(C)CN1C(=O)[C@H]2CCCC[C@H]2C1=O. The average Bonchev–Trinajstić information content (AvgIpc) is 2.44. The third-order valence-electron chi connectivity index (χ3n) is 3.48. The topological polar surface area (TPSA) is 37.4 Å². The van der Waals surface area contributed by atoms with Crippen molar-refractivity contribution >= 4 is 11.8 Å². The maximum absolute atomic E-state index is 12.0. The van der Waals surface area contributed by atoms with Crippen molar-refractivity contribution < 1.29 is 9.59 Å². The molecule has 0 spiro atoms. The van der Waals surface area contributed by atoms with Crippen molar-refractivity contribution in [2.45, 2.75) is 39.5 Å². The number of hydrogen-bond acceptors (Lipinski definition) is 2. The molecule has 2 rings (SSSR count). The van der Waals surface area contributed by atoms with Crippen LogP contribution in [-0.4, -0.2) is 23.3 Å². The number of imide groups is 1. The van der Waals surface area contributed by atoms with Gasteiger partial charge in [0.2, 0.25) is 11.8 Å². The number of fused-ring (bicyclic) bond motifs is 1. The molecule has 0 aromatic carbocycles. The smallest absolute Gasteiger partial charge is 0.233 e. The molecule has 0 aromatic rings. The summed E-state index contributed by atoms with van der Waals surface area (Å²) in [4.78, 5) is 25.5. The zero-order valence-corrected chi connectivity index (χ0v) is 9.53. The monoisotopic (exact) mass is 209 g/mol. The van der Waals surface area contributed by atoms with E-state index in [9.17, 15) is 9.59 Å². The summed E-state index contributed by atoms with van der Waals surface area (Å²) >= 11 is 0. The van der Waals surface area contributed by atoms with Crippen LogP contribution in [0.5, 0.6) is 0 Å². The summed E-state index contributed by atoms with van der Waals surface area (Å²) in [5.41, 5.74) is 0. The van der Waals surface area contributed by atoms with Crippen molar-refractivity contribution in [3.05, 3.63) is 0 Å². The molecule has 2 atom stereocenters. The van der Waals surface area contributed by atoms with Crippen molar-refractivity contribution in [1.82, 2.24) is 4.90 Å². The van der Waals surface area contributed by atoms with E-state index in [4.69, 9.17) is 0 Å². The first-order valence-corrected chi connectivity index (χ1v) is 5.96. The Morgan fingerprint density at radius 3 is 2.00 bits per heavy atom. The van der Waals surface area contributed by atoms with Gasteiger partial charge in [0.05, 0.1) is 11.8 Å². The molecule has 0 unspecified atom stereocenters. The molecule has 3 heteroatoms. The van der Waals surface area contributed by atoms with Crippen molar-refractivity contribution in [3.63, 3.8) is 0 Å². The maximum atomic E-state index is 12.0. The second kappa shape index (κ2) is 3.95. The second-order valence-electron chi connectivity index (χ2n) is 5.18. The van der Waals surface area contributed by atoms with Crippen LogP contribution in [0.15, 0.2) is 0 Å². The van der Waals surface area contributed by atoms with E-state index in [0.29, 0.717) is 12.5 Å². The fourth-order valence-electron chi connectivity index (χ4n) is 2.78. The van der Waals surface area contributed by atoms with Crippen LogP contribution < -0.4 is 0 Å². The van der Waals surface area contributed by atoms with Gasteiger partial charge < -0.3 is 0 Å². The van der Waals surface area contributed by atoms with E-state index in [2.05, 4.69) is 0 Å². The van der Waals surface area contributed by atoms with Crippen LogP contribution in [0.25, 0.3) is 0 Å². The zero-order chi connectivity index (χ0) is 11.0. The predicted molar refractivity (Wildman–Crippen MR) is 57.0 cm³/mol. The molecular formula is C12H19NO2. The van der Waals surface area contributed by atoms with E-state index in [-0.39, 0.29) is 23.7 Å². The maximum Gasteiger partial charge on any atom is 0.233 e. The fraction of sp³-hybridized carbons (Fsp3) is 0.833. The van der Waals surface area contributed by atoms with E-state index in [0.717, 1.165) is 25.7 Å². The normalized spacial score (nSPS) is 31.3. The summed E-state index contributed by atoms with van der Waals surface area (Å²) in [6.07, 6.45) is 4.05. The second-order valence-corrected chi connectivity index (χ2v) is 5.18. The van der Waals surface area contributed by atoms with Crippen LogP contribution in [0.3, 0.4) is 0 Å². The molecule has 2 fully saturated rings. The Hall–Kier alpha value is -0.860. The van der Waals surface area contributed by atoms with E-state index >= 15 is 0 Å². The lowest BCUT2D eigenvalue weighted by molar-refractivity contribution is -0.140. The van der Waals surface area contributed by atoms with Gasteiger partial charge in [0.15, 0.2) is 0 Å². The van der Waals surface area contributed by atoms with Gasteiger partial charge in [-0.3, -0.25) is 14.5 Å². The number of amides is 2. The number of likely N-dealkylation sites (tertiary alicyclic amines) is 1. The van der Waals surface area contributed by atoms with E-state index in [1.54, 1.807) is 0 Å². The van der Waals surface area contributed by atoms with E-state index in [1.165, 1.54) is 4.90 Å². The molecular weight excluding hydrogens is 190 g/mol. The lowest BCUT2D eigenvalue weighted by Gasteiger charge is -2.19. The Labute approximate surface area is 90.8 Å². The highest BCUT2D eigenvalue weighted by Crippen LogP contribution is 2.38. The lowest BCUT2D eigenvalue weighted by atomic mass is 9.81. The Morgan fingerprint density at radius 2 is 1.60 bits per heavy atom. The highest BCUT2D eigenvalue weighted by molar-refractivity contribution is 6.05. The Morgan fingerprint density at radius 1 is 1.13 bits per heavy atom. The Balaban J connectivity index is 2.14. The first-order valence-electron chi connectivity index (χ1n) is 5.96. The highest BCUT2D eigenvalue weighted by Gasteiger charge is 2.47. The van der Waals surface area contributed by atoms with Crippen LogP contribution in [0.1, 0.15) is 39.5 Å². The van der Waals surface area contributed by atoms with Gasteiger partial charge in [-0.05, 0) is 18.8 Å². The predicted octanol–water partition coefficient (Wildman–Crippen LogP) is 1.82. The number of nitrogens with zero attached hydrogens (tertiary/aromatic N) is 1. The standard InChI is InChI=1S/C12H19NO2/c1-8(2)7-13-11(14)9-5-3-4-6-10(9)12(13)15/h8-10H,3-7H2,1-2H3/t9-,10+. The molecule has 1 heterocycles. The fourth-order valence-corrected chi connectivity index (χ4v) is 2.78. The molecule has 3 nitrogen and oxygen atoms in total. The van der Waals surface area contributed by atoms with Crippen LogP contribution >= 0.6 is 0 Å². The van der Waals surface area contributed by atoms with E-state index < -0.39 is 0 Å². The molecule has 0 aromatic heterocycles. The van der Waals surface area contributed by atoms with Crippen LogP contribution in [-0.2, 0) is 9.59 Å². The molecule has 84 valence electrons. The Kier molecular flexibility index (Phi) is 2.81. The molecule has 2 aliphatic rings. The molecule has 0 N–H and O–H groups in total. The van der Waals surface area contributed by atoms with Gasteiger partial charge in [-0.15, -0.1) is 0 Å². The summed E-state index contributed by atoms with van der Waals surface area (Å²) < 4.78 is 0. The molecule has 2 amide bonds. The molecule has 0 bridgehead atoms. The van der Waals surface area contributed by atoms with Crippen LogP contribution in [0.4, 0.5) is 0 Å². The molecule has 1 aliphatic heterocycles.